The van der Waals surface area contributed by atoms with Crippen LogP contribution < -0.4 is 5.32 Å². The van der Waals surface area contributed by atoms with Gasteiger partial charge in [-0.2, -0.15) is 5.10 Å². The van der Waals surface area contributed by atoms with E-state index in [1.165, 1.54) is 12.1 Å². The number of halogens is 2. The molecule has 0 fully saturated rings. The largest absolute Gasteiger partial charge is 0.362 e. The van der Waals surface area contributed by atoms with E-state index in [4.69, 9.17) is 0 Å². The highest BCUT2D eigenvalue weighted by molar-refractivity contribution is 5.85. The van der Waals surface area contributed by atoms with Gasteiger partial charge in [0, 0.05) is 11.8 Å². The van der Waals surface area contributed by atoms with E-state index >= 15 is 0 Å². The van der Waals surface area contributed by atoms with E-state index < -0.39 is 0 Å². The Balaban J connectivity index is 0.00000196. The first-order valence-electron chi connectivity index (χ1n) is 7.97. The summed E-state index contributed by atoms with van der Waals surface area (Å²) in [4.78, 5) is 9.08. The molecule has 0 spiro atoms. The lowest BCUT2D eigenvalue weighted by atomic mass is 10.1. The van der Waals surface area contributed by atoms with Crippen molar-refractivity contribution in [1.82, 2.24) is 20.2 Å². The van der Waals surface area contributed by atoms with Crippen LogP contribution in [0.25, 0.3) is 22.2 Å². The maximum Gasteiger partial charge on any atom is 0.145 e. The number of rotatable bonds is 4. The third-order valence-corrected chi connectivity index (χ3v) is 4.09. The molecule has 2 aromatic heterocycles. The van der Waals surface area contributed by atoms with Crippen LogP contribution in [0.2, 0.25) is 0 Å². The van der Waals surface area contributed by atoms with Crippen LogP contribution in [0.3, 0.4) is 0 Å². The fourth-order valence-corrected chi connectivity index (χ4v) is 2.75. The smallest absolute Gasteiger partial charge is 0.145 e. The zero-order valence-electron chi connectivity index (χ0n) is 14.0. The Kier molecular flexibility index (Phi) is 5.14. The lowest BCUT2D eigenvalue weighted by Crippen LogP contribution is -2.08. The minimum atomic E-state index is -0.248. The van der Waals surface area contributed by atoms with Gasteiger partial charge in [-0.3, -0.25) is 10.1 Å². The maximum absolute atomic E-state index is 13.4. The second-order valence-corrected chi connectivity index (χ2v) is 5.87. The van der Waals surface area contributed by atoms with E-state index in [9.17, 15) is 4.39 Å². The zero-order valence-corrected chi connectivity index (χ0v) is 14.8. The van der Waals surface area contributed by atoms with Crippen LogP contribution in [-0.4, -0.2) is 20.2 Å². The van der Waals surface area contributed by atoms with Crippen LogP contribution in [-0.2, 0) is 0 Å². The molecule has 0 aliphatic heterocycles. The van der Waals surface area contributed by atoms with E-state index in [-0.39, 0.29) is 24.3 Å². The van der Waals surface area contributed by atoms with Crippen molar-refractivity contribution in [3.05, 3.63) is 72.4 Å². The average molecular weight is 370 g/mol. The van der Waals surface area contributed by atoms with Crippen LogP contribution >= 0.6 is 12.4 Å². The van der Waals surface area contributed by atoms with Crippen molar-refractivity contribution in [3.8, 4) is 11.1 Å². The van der Waals surface area contributed by atoms with Crippen molar-refractivity contribution in [2.75, 3.05) is 5.32 Å². The molecule has 0 saturated heterocycles. The van der Waals surface area contributed by atoms with E-state index in [1.807, 2.05) is 37.4 Å². The molecule has 132 valence electrons. The Bertz CT molecular complexity index is 1020. The van der Waals surface area contributed by atoms with E-state index in [1.54, 1.807) is 18.5 Å². The first-order chi connectivity index (χ1) is 12.2. The molecule has 0 bridgehead atoms. The van der Waals surface area contributed by atoms with Gasteiger partial charge in [0.15, 0.2) is 0 Å². The average Bonchev–Trinajstić information content (AvgIpc) is 3.16. The van der Waals surface area contributed by atoms with Gasteiger partial charge in [0.05, 0.1) is 29.5 Å². The second-order valence-electron chi connectivity index (χ2n) is 5.87. The molecule has 0 aliphatic carbocycles. The quantitative estimate of drug-likeness (QED) is 0.544. The summed E-state index contributed by atoms with van der Waals surface area (Å²) < 4.78 is 13.4. The predicted octanol–water partition coefficient (Wildman–Crippen LogP) is 4.75. The topological polar surface area (TPSA) is 66.5 Å². The molecule has 0 amide bonds. The third-order valence-electron chi connectivity index (χ3n) is 4.09. The van der Waals surface area contributed by atoms with Crippen LogP contribution in [0.1, 0.15) is 18.5 Å². The van der Waals surface area contributed by atoms with Gasteiger partial charge in [0.25, 0.3) is 0 Å². The molecule has 1 atom stereocenters. The second kappa shape index (κ2) is 7.49. The molecule has 0 radical (unpaired) electrons. The molecule has 0 saturated carbocycles. The molecular formula is C19H17ClFN5. The van der Waals surface area contributed by atoms with Crippen molar-refractivity contribution in [2.24, 2.45) is 0 Å². The minimum Gasteiger partial charge on any atom is -0.362 e. The van der Waals surface area contributed by atoms with Gasteiger partial charge in [0.1, 0.15) is 11.6 Å². The first kappa shape index (κ1) is 17.8. The van der Waals surface area contributed by atoms with Gasteiger partial charge in [0.2, 0.25) is 0 Å². The molecule has 0 unspecified atom stereocenters. The van der Waals surface area contributed by atoms with Gasteiger partial charge in [-0.05, 0) is 42.3 Å². The highest BCUT2D eigenvalue weighted by Gasteiger charge is 2.09. The normalized spacial score (nSPS) is 11.8. The highest BCUT2D eigenvalue weighted by atomic mass is 35.5. The molecule has 2 N–H and O–H groups in total. The minimum absolute atomic E-state index is 0. The number of H-pyrrole nitrogens is 1. The van der Waals surface area contributed by atoms with E-state index in [2.05, 4.69) is 25.5 Å². The summed E-state index contributed by atoms with van der Waals surface area (Å²) in [6, 6.07) is 12.4. The van der Waals surface area contributed by atoms with Gasteiger partial charge in [-0.15, -0.1) is 12.4 Å². The lowest BCUT2D eigenvalue weighted by molar-refractivity contribution is 0.623. The summed E-state index contributed by atoms with van der Waals surface area (Å²) in [5.41, 5.74) is 4.50. The lowest BCUT2D eigenvalue weighted by Gasteiger charge is -2.15. The van der Waals surface area contributed by atoms with E-state index in [0.29, 0.717) is 5.82 Å². The molecular weight excluding hydrogens is 353 g/mol. The monoisotopic (exact) mass is 369 g/mol. The molecule has 7 heteroatoms. The van der Waals surface area contributed by atoms with Crippen LogP contribution in [0.4, 0.5) is 10.2 Å². The van der Waals surface area contributed by atoms with Crippen molar-refractivity contribution in [3.63, 3.8) is 0 Å². The summed E-state index contributed by atoms with van der Waals surface area (Å²) in [6.45, 7) is 1.96. The van der Waals surface area contributed by atoms with Crippen molar-refractivity contribution >= 4 is 29.3 Å². The van der Waals surface area contributed by atoms with Crippen molar-refractivity contribution < 1.29 is 4.39 Å². The number of nitrogens with zero attached hydrogens (tertiary/aromatic N) is 3. The highest BCUT2D eigenvalue weighted by Crippen LogP contribution is 2.24. The number of hydrogen-bond donors (Lipinski definition) is 2. The Morgan fingerprint density at radius 1 is 1.04 bits per heavy atom. The Labute approximate surface area is 156 Å². The molecule has 5 nitrogen and oxygen atoms in total. The van der Waals surface area contributed by atoms with Crippen LogP contribution in [0, 0.1) is 5.82 Å². The zero-order chi connectivity index (χ0) is 17.2. The molecule has 0 aliphatic rings. The fourth-order valence-electron chi connectivity index (χ4n) is 2.75. The van der Waals surface area contributed by atoms with E-state index in [0.717, 1.165) is 27.7 Å². The molecule has 2 aromatic carbocycles. The summed E-state index contributed by atoms with van der Waals surface area (Å²) in [7, 11) is 0. The van der Waals surface area contributed by atoms with Crippen molar-refractivity contribution in [1.29, 1.82) is 0 Å². The number of nitrogens with one attached hydrogen (secondary N) is 2. The summed E-state index contributed by atoms with van der Waals surface area (Å²) >= 11 is 0. The summed E-state index contributed by atoms with van der Waals surface area (Å²) in [5.74, 6) is 0.405. The van der Waals surface area contributed by atoms with Gasteiger partial charge >= 0.3 is 0 Å². The standard InChI is InChI=1S/C19H16FN5.ClH/c1-12(13-3-2-4-16(20)7-13)24-19-11-21-18-8-14(5-6-17(18)25-19)15-9-22-23-10-15;/h2-12H,1H3,(H,22,23)(H,24,25);1H/t12-;/m0./s1. The first-order valence-corrected chi connectivity index (χ1v) is 7.97. The number of hydrogen-bond acceptors (Lipinski definition) is 4. The molecule has 4 aromatic rings. The van der Waals surface area contributed by atoms with Crippen molar-refractivity contribution in [2.45, 2.75) is 13.0 Å². The van der Waals surface area contributed by atoms with Crippen LogP contribution in [0.5, 0.6) is 0 Å². The number of fused-ring (bicyclic) bond motifs is 1. The fraction of sp³-hybridized carbons (Fsp3) is 0.105. The number of aromatic amines is 1. The van der Waals surface area contributed by atoms with Gasteiger partial charge < -0.3 is 5.32 Å². The Morgan fingerprint density at radius 3 is 2.69 bits per heavy atom. The maximum atomic E-state index is 13.4. The Morgan fingerprint density at radius 2 is 1.92 bits per heavy atom. The SMILES string of the molecule is C[C@H](Nc1cnc2cc(-c3cn[nH]c3)ccc2n1)c1cccc(F)c1.Cl. The third kappa shape index (κ3) is 3.65. The number of aromatic nitrogens is 4. The molecule has 26 heavy (non-hydrogen) atoms. The Hall–Kier alpha value is -2.99. The number of benzene rings is 2. The number of anilines is 1. The predicted molar refractivity (Wildman–Crippen MR) is 103 cm³/mol. The van der Waals surface area contributed by atoms with Crippen LogP contribution in [0.15, 0.2) is 61.1 Å². The summed E-state index contributed by atoms with van der Waals surface area (Å²) in [5, 5.41) is 10.0. The van der Waals surface area contributed by atoms with Gasteiger partial charge in [-0.1, -0.05) is 18.2 Å². The summed E-state index contributed by atoms with van der Waals surface area (Å²) in [6.07, 6.45) is 5.30. The van der Waals surface area contributed by atoms with Gasteiger partial charge in [-0.25, -0.2) is 9.37 Å². The molecule has 4 rings (SSSR count). The molecule has 2 heterocycles.